The molecule has 0 N–H and O–H groups in total. The number of amidine groups is 1. The zero-order chi connectivity index (χ0) is 14.9. The number of aliphatic imine (C=N–C) groups is 1. The van der Waals surface area contributed by atoms with E-state index in [-0.39, 0.29) is 0 Å². The number of likely N-dealkylation sites (N-methyl/N-ethyl adjacent to an activating group) is 1. The number of rotatable bonds is 0. The SMILES string of the molecule is CN1CCN(C2=Nc3cccnc3Sc3ncccc32)CC1. The van der Waals surface area contributed by atoms with Gasteiger partial charge >= 0.3 is 0 Å². The van der Waals surface area contributed by atoms with Crippen LogP contribution in [0.4, 0.5) is 5.69 Å². The molecule has 0 aromatic carbocycles. The van der Waals surface area contributed by atoms with Crippen LogP contribution in [0.25, 0.3) is 0 Å². The molecule has 2 aliphatic rings. The number of piperazine rings is 1. The van der Waals surface area contributed by atoms with Crippen LogP contribution in [0.15, 0.2) is 51.7 Å². The molecule has 1 fully saturated rings. The lowest BCUT2D eigenvalue weighted by Crippen LogP contribution is -2.47. The molecule has 1 saturated heterocycles. The van der Waals surface area contributed by atoms with E-state index >= 15 is 0 Å². The van der Waals surface area contributed by atoms with Crippen LogP contribution < -0.4 is 0 Å². The zero-order valence-corrected chi connectivity index (χ0v) is 13.3. The second-order valence-corrected chi connectivity index (χ2v) is 6.49. The van der Waals surface area contributed by atoms with Gasteiger partial charge in [-0.25, -0.2) is 15.0 Å². The van der Waals surface area contributed by atoms with Crippen LogP contribution >= 0.6 is 11.8 Å². The molecule has 0 saturated carbocycles. The zero-order valence-electron chi connectivity index (χ0n) is 12.4. The van der Waals surface area contributed by atoms with Gasteiger partial charge in [0.2, 0.25) is 0 Å². The van der Waals surface area contributed by atoms with Crippen molar-refractivity contribution in [2.75, 3.05) is 33.2 Å². The molecule has 0 unspecified atom stereocenters. The summed E-state index contributed by atoms with van der Waals surface area (Å²) in [5.41, 5.74) is 2.04. The van der Waals surface area contributed by atoms with E-state index < -0.39 is 0 Å². The highest BCUT2D eigenvalue weighted by Crippen LogP contribution is 2.37. The fourth-order valence-electron chi connectivity index (χ4n) is 2.71. The first-order valence-electron chi connectivity index (χ1n) is 7.42. The average Bonchev–Trinajstić information content (AvgIpc) is 2.72. The Bertz CT molecular complexity index is 722. The van der Waals surface area contributed by atoms with Crippen molar-refractivity contribution in [1.82, 2.24) is 19.8 Å². The van der Waals surface area contributed by atoms with E-state index in [1.807, 2.05) is 30.6 Å². The van der Waals surface area contributed by atoms with Gasteiger partial charge in [-0.15, -0.1) is 0 Å². The first-order chi connectivity index (χ1) is 10.8. The van der Waals surface area contributed by atoms with E-state index in [1.165, 1.54) is 0 Å². The molecule has 0 amide bonds. The summed E-state index contributed by atoms with van der Waals surface area (Å²) in [6.07, 6.45) is 3.65. The number of hydrogen-bond donors (Lipinski definition) is 0. The van der Waals surface area contributed by atoms with Crippen molar-refractivity contribution in [2.24, 2.45) is 4.99 Å². The Labute approximate surface area is 134 Å². The first-order valence-corrected chi connectivity index (χ1v) is 8.23. The maximum atomic E-state index is 4.93. The summed E-state index contributed by atoms with van der Waals surface area (Å²) >= 11 is 1.60. The Morgan fingerprint density at radius 2 is 1.68 bits per heavy atom. The highest BCUT2D eigenvalue weighted by Gasteiger charge is 2.25. The Morgan fingerprint density at radius 1 is 0.955 bits per heavy atom. The summed E-state index contributed by atoms with van der Waals surface area (Å²) in [7, 11) is 2.16. The largest absolute Gasteiger partial charge is 0.353 e. The van der Waals surface area contributed by atoms with Crippen LogP contribution in [0.1, 0.15) is 5.56 Å². The third-order valence-corrected chi connectivity index (χ3v) is 5.01. The van der Waals surface area contributed by atoms with Crippen molar-refractivity contribution in [2.45, 2.75) is 10.1 Å². The van der Waals surface area contributed by atoms with Crippen molar-refractivity contribution in [3.05, 3.63) is 42.2 Å². The van der Waals surface area contributed by atoms with E-state index in [2.05, 4.69) is 32.9 Å². The second-order valence-electron chi connectivity index (χ2n) is 5.51. The van der Waals surface area contributed by atoms with E-state index in [0.29, 0.717) is 0 Å². The predicted molar refractivity (Wildman–Crippen MR) is 87.9 cm³/mol. The Morgan fingerprint density at radius 3 is 2.50 bits per heavy atom. The van der Waals surface area contributed by atoms with Gasteiger partial charge in [0.15, 0.2) is 0 Å². The van der Waals surface area contributed by atoms with Crippen LogP contribution in [-0.4, -0.2) is 58.8 Å². The summed E-state index contributed by atoms with van der Waals surface area (Å²) in [6, 6.07) is 8.05. The molecule has 2 aromatic heterocycles. The fourth-order valence-corrected chi connectivity index (χ4v) is 3.61. The minimum Gasteiger partial charge on any atom is -0.353 e. The van der Waals surface area contributed by atoms with Crippen LogP contribution in [0.3, 0.4) is 0 Å². The highest BCUT2D eigenvalue weighted by molar-refractivity contribution is 7.99. The Balaban J connectivity index is 1.82. The summed E-state index contributed by atoms with van der Waals surface area (Å²) in [5.74, 6) is 1.02. The van der Waals surface area contributed by atoms with Crippen molar-refractivity contribution in [3.8, 4) is 0 Å². The number of hydrogen-bond acceptors (Lipinski definition) is 6. The molecule has 2 aliphatic heterocycles. The molecule has 0 spiro atoms. The molecule has 5 nitrogen and oxygen atoms in total. The molecule has 4 rings (SSSR count). The number of aromatic nitrogens is 2. The van der Waals surface area contributed by atoms with Gasteiger partial charge in [0.1, 0.15) is 15.9 Å². The monoisotopic (exact) mass is 311 g/mol. The number of nitrogens with zero attached hydrogens (tertiary/aromatic N) is 5. The number of pyridine rings is 2. The minimum absolute atomic E-state index is 0.923. The average molecular weight is 311 g/mol. The summed E-state index contributed by atoms with van der Waals surface area (Å²) < 4.78 is 0. The summed E-state index contributed by atoms with van der Waals surface area (Å²) in [6.45, 7) is 4.09. The van der Waals surface area contributed by atoms with Gasteiger partial charge in [-0.1, -0.05) is 0 Å². The first kappa shape index (κ1) is 13.7. The van der Waals surface area contributed by atoms with Crippen LogP contribution in [-0.2, 0) is 0 Å². The highest BCUT2D eigenvalue weighted by atomic mass is 32.2. The summed E-state index contributed by atoms with van der Waals surface area (Å²) in [4.78, 5) is 18.6. The lowest BCUT2D eigenvalue weighted by molar-refractivity contribution is 0.215. The van der Waals surface area contributed by atoms with Gasteiger partial charge < -0.3 is 9.80 Å². The molecule has 112 valence electrons. The molecule has 0 radical (unpaired) electrons. The van der Waals surface area contributed by atoms with Crippen LogP contribution in [0.5, 0.6) is 0 Å². The van der Waals surface area contributed by atoms with E-state index in [1.54, 1.807) is 11.8 Å². The smallest absolute Gasteiger partial charge is 0.139 e. The van der Waals surface area contributed by atoms with Gasteiger partial charge in [-0.3, -0.25) is 0 Å². The molecule has 4 heterocycles. The standard InChI is InChI=1S/C16H17N5S/c1-20-8-10-21(11-9-20)14-12-4-2-6-17-15(12)22-16-13(19-14)5-3-7-18-16/h2-7H,8-11H2,1H3. The molecular weight excluding hydrogens is 294 g/mol. The van der Waals surface area contributed by atoms with E-state index in [0.717, 1.165) is 53.3 Å². The maximum Gasteiger partial charge on any atom is 0.139 e. The van der Waals surface area contributed by atoms with Gasteiger partial charge in [-0.05, 0) is 43.1 Å². The van der Waals surface area contributed by atoms with Gasteiger partial charge in [0.25, 0.3) is 0 Å². The van der Waals surface area contributed by atoms with Gasteiger partial charge in [-0.2, -0.15) is 0 Å². The van der Waals surface area contributed by atoms with Crippen molar-refractivity contribution in [1.29, 1.82) is 0 Å². The third kappa shape index (κ3) is 2.48. The Hall–Kier alpha value is -1.92. The van der Waals surface area contributed by atoms with Gasteiger partial charge in [0.05, 0.1) is 5.69 Å². The van der Waals surface area contributed by atoms with E-state index in [9.17, 15) is 0 Å². The lowest BCUT2D eigenvalue weighted by Gasteiger charge is -2.34. The van der Waals surface area contributed by atoms with Crippen molar-refractivity contribution < 1.29 is 0 Å². The second kappa shape index (κ2) is 5.70. The minimum atomic E-state index is 0.923. The van der Waals surface area contributed by atoms with Crippen LogP contribution in [0.2, 0.25) is 0 Å². The van der Waals surface area contributed by atoms with Crippen LogP contribution in [0, 0.1) is 0 Å². The normalized spacial score (nSPS) is 18.2. The fraction of sp³-hybridized carbons (Fsp3) is 0.312. The molecule has 0 bridgehead atoms. The van der Waals surface area contributed by atoms with Crippen molar-refractivity contribution >= 4 is 23.3 Å². The maximum absolute atomic E-state index is 4.93. The quantitative estimate of drug-likeness (QED) is 0.747. The predicted octanol–water partition coefficient (Wildman–Crippen LogP) is 2.27. The third-order valence-electron chi connectivity index (χ3n) is 3.99. The molecule has 0 aliphatic carbocycles. The summed E-state index contributed by atoms with van der Waals surface area (Å²) in [5, 5.41) is 1.91. The molecule has 0 atom stereocenters. The van der Waals surface area contributed by atoms with E-state index in [4.69, 9.17) is 4.99 Å². The van der Waals surface area contributed by atoms with Gasteiger partial charge in [0, 0.05) is 44.1 Å². The molecule has 2 aromatic rings. The van der Waals surface area contributed by atoms with Crippen molar-refractivity contribution in [3.63, 3.8) is 0 Å². The Kier molecular flexibility index (Phi) is 3.56. The molecular formula is C16H17N5S. The lowest BCUT2D eigenvalue weighted by atomic mass is 10.2. The molecule has 6 heteroatoms. The topological polar surface area (TPSA) is 44.6 Å². The molecule has 22 heavy (non-hydrogen) atoms. The number of fused-ring (bicyclic) bond motifs is 2.